The quantitative estimate of drug-likeness (QED) is 0.877. The zero-order chi connectivity index (χ0) is 14.9. The van der Waals surface area contributed by atoms with Crippen LogP contribution in [0.2, 0.25) is 10.0 Å². The molecule has 0 aromatic heterocycles. The highest BCUT2D eigenvalue weighted by Crippen LogP contribution is 2.32. The summed E-state index contributed by atoms with van der Waals surface area (Å²) in [6.45, 7) is 0. The first kappa shape index (κ1) is 15.0. The molecule has 0 saturated heterocycles. The van der Waals surface area contributed by atoms with Gasteiger partial charge in [0, 0.05) is 7.05 Å². The molecule has 2 aromatic carbocycles. The van der Waals surface area contributed by atoms with Gasteiger partial charge in [0.25, 0.3) is 10.0 Å². The molecule has 7 heteroatoms. The van der Waals surface area contributed by atoms with Crippen molar-refractivity contribution in [1.29, 1.82) is 0 Å². The summed E-state index contributed by atoms with van der Waals surface area (Å²) in [4.78, 5) is -0.00643. The van der Waals surface area contributed by atoms with E-state index in [-0.39, 0.29) is 20.6 Å². The number of para-hydroxylation sites is 1. The van der Waals surface area contributed by atoms with Gasteiger partial charge in [0.05, 0.1) is 26.3 Å². The van der Waals surface area contributed by atoms with Crippen LogP contribution < -0.4 is 10.0 Å². The van der Waals surface area contributed by atoms with E-state index < -0.39 is 10.0 Å². The Morgan fingerprint density at radius 3 is 2.05 bits per heavy atom. The lowest BCUT2D eigenvalue weighted by atomic mass is 10.3. The van der Waals surface area contributed by atoms with Crippen LogP contribution in [0.1, 0.15) is 0 Å². The predicted molar refractivity (Wildman–Crippen MR) is 82.9 cm³/mol. The molecule has 0 aliphatic carbocycles. The van der Waals surface area contributed by atoms with E-state index in [0.29, 0.717) is 5.69 Å². The molecule has 0 fully saturated rings. The van der Waals surface area contributed by atoms with Crippen molar-refractivity contribution in [2.24, 2.45) is 0 Å². The molecular weight excluding hydrogens is 319 g/mol. The highest BCUT2D eigenvalue weighted by molar-refractivity contribution is 7.92. The van der Waals surface area contributed by atoms with Gasteiger partial charge in [-0.2, -0.15) is 0 Å². The monoisotopic (exact) mass is 330 g/mol. The van der Waals surface area contributed by atoms with E-state index in [1.807, 2.05) is 0 Å². The molecule has 2 rings (SSSR count). The van der Waals surface area contributed by atoms with Gasteiger partial charge in [-0.25, -0.2) is 8.42 Å². The molecule has 0 bridgehead atoms. The minimum absolute atomic E-state index is 0.00643. The first-order chi connectivity index (χ1) is 9.34. The summed E-state index contributed by atoms with van der Waals surface area (Å²) < 4.78 is 26.2. The van der Waals surface area contributed by atoms with Crippen molar-refractivity contribution in [2.45, 2.75) is 4.90 Å². The number of sulfonamides is 1. The van der Waals surface area contributed by atoms with Gasteiger partial charge in [0.15, 0.2) is 0 Å². The maximum absolute atomic E-state index is 12.5. The summed E-state index contributed by atoms with van der Waals surface area (Å²) in [5.41, 5.74) is 6.31. The van der Waals surface area contributed by atoms with E-state index in [1.54, 1.807) is 30.3 Å². The number of hydrogen-bond acceptors (Lipinski definition) is 3. The van der Waals surface area contributed by atoms with Crippen molar-refractivity contribution in [3.05, 3.63) is 52.5 Å². The zero-order valence-electron chi connectivity index (χ0n) is 10.5. The number of halogens is 2. The minimum atomic E-state index is -3.74. The van der Waals surface area contributed by atoms with Gasteiger partial charge in [0.2, 0.25) is 0 Å². The van der Waals surface area contributed by atoms with E-state index in [1.165, 1.54) is 19.2 Å². The summed E-state index contributed by atoms with van der Waals surface area (Å²) in [6.07, 6.45) is 0. The summed E-state index contributed by atoms with van der Waals surface area (Å²) in [5, 5.41) is 0.218. The number of nitrogens with zero attached hydrogens (tertiary/aromatic N) is 1. The fourth-order valence-electron chi connectivity index (χ4n) is 1.64. The molecule has 0 radical (unpaired) electrons. The molecule has 0 unspecified atom stereocenters. The summed E-state index contributed by atoms with van der Waals surface area (Å²) >= 11 is 11.8. The Morgan fingerprint density at radius 1 is 1.05 bits per heavy atom. The van der Waals surface area contributed by atoms with Gasteiger partial charge < -0.3 is 5.73 Å². The topological polar surface area (TPSA) is 63.4 Å². The van der Waals surface area contributed by atoms with Gasteiger partial charge in [-0.05, 0) is 24.3 Å². The summed E-state index contributed by atoms with van der Waals surface area (Å²) in [6, 6.07) is 11.3. The van der Waals surface area contributed by atoms with E-state index in [2.05, 4.69) is 0 Å². The Bertz CT molecular complexity index is 710. The molecule has 2 aromatic rings. The first-order valence-electron chi connectivity index (χ1n) is 5.62. The predicted octanol–water partition coefficient (Wildman–Crippen LogP) is 3.40. The third-order valence-electron chi connectivity index (χ3n) is 2.83. The second-order valence-electron chi connectivity index (χ2n) is 4.11. The van der Waals surface area contributed by atoms with E-state index in [0.717, 1.165) is 4.31 Å². The van der Waals surface area contributed by atoms with Gasteiger partial charge >= 0.3 is 0 Å². The van der Waals surface area contributed by atoms with Crippen LogP contribution in [0.25, 0.3) is 0 Å². The van der Waals surface area contributed by atoms with E-state index in [9.17, 15) is 8.42 Å². The maximum Gasteiger partial charge on any atom is 0.264 e. The highest BCUT2D eigenvalue weighted by Gasteiger charge is 2.23. The Hall–Kier alpha value is -1.43. The lowest BCUT2D eigenvalue weighted by Gasteiger charge is -2.20. The summed E-state index contributed by atoms with van der Waals surface area (Å²) in [7, 11) is -2.28. The largest absolute Gasteiger partial charge is 0.396 e. The molecule has 0 saturated carbocycles. The molecular formula is C13H12Cl2N2O2S. The molecule has 0 spiro atoms. The lowest BCUT2D eigenvalue weighted by molar-refractivity contribution is 0.594. The average Bonchev–Trinajstić information content (AvgIpc) is 2.44. The van der Waals surface area contributed by atoms with Crippen LogP contribution in [0.15, 0.2) is 47.4 Å². The van der Waals surface area contributed by atoms with Crippen molar-refractivity contribution >= 4 is 44.6 Å². The molecule has 4 nitrogen and oxygen atoms in total. The Balaban J connectivity index is 2.51. The number of hydrogen-bond donors (Lipinski definition) is 1. The lowest BCUT2D eigenvalue weighted by Crippen LogP contribution is -2.26. The van der Waals surface area contributed by atoms with Gasteiger partial charge in [0.1, 0.15) is 0 Å². The fraction of sp³-hybridized carbons (Fsp3) is 0.0769. The fourth-order valence-corrected chi connectivity index (χ4v) is 3.51. The number of nitrogens with two attached hydrogens (primary N) is 1. The van der Waals surface area contributed by atoms with Crippen molar-refractivity contribution in [3.63, 3.8) is 0 Å². The van der Waals surface area contributed by atoms with Gasteiger partial charge in [-0.1, -0.05) is 41.4 Å². The number of benzene rings is 2. The SMILES string of the molecule is CN(c1ccccc1)S(=O)(=O)c1cc(Cl)c(N)c(Cl)c1. The molecule has 20 heavy (non-hydrogen) atoms. The number of nitrogen functional groups attached to an aromatic ring is 1. The van der Waals surface area contributed by atoms with Crippen molar-refractivity contribution in [1.82, 2.24) is 0 Å². The highest BCUT2D eigenvalue weighted by atomic mass is 35.5. The van der Waals surface area contributed by atoms with Crippen LogP contribution in [-0.4, -0.2) is 15.5 Å². The molecule has 2 N–H and O–H groups in total. The molecule has 106 valence electrons. The smallest absolute Gasteiger partial charge is 0.264 e. The second kappa shape index (κ2) is 5.52. The standard InChI is InChI=1S/C13H12Cl2N2O2S/c1-17(9-5-3-2-4-6-9)20(18,19)10-7-11(14)13(16)12(15)8-10/h2-8H,16H2,1H3. The molecule has 0 aliphatic rings. The molecule has 0 atom stereocenters. The van der Waals surface area contributed by atoms with E-state index in [4.69, 9.17) is 28.9 Å². The molecule has 0 heterocycles. The normalized spacial score (nSPS) is 11.3. The third kappa shape index (κ3) is 2.70. The molecule has 0 aliphatic heterocycles. The van der Waals surface area contributed by atoms with Gasteiger partial charge in [-0.3, -0.25) is 4.31 Å². The number of anilines is 2. The summed E-state index contributed by atoms with van der Waals surface area (Å²) in [5.74, 6) is 0. The van der Waals surface area contributed by atoms with E-state index >= 15 is 0 Å². The first-order valence-corrected chi connectivity index (χ1v) is 7.82. The third-order valence-corrected chi connectivity index (χ3v) is 5.22. The molecule has 0 amide bonds. The average molecular weight is 331 g/mol. The minimum Gasteiger partial charge on any atom is -0.396 e. The maximum atomic E-state index is 12.5. The van der Waals surface area contributed by atoms with Crippen LogP contribution in [0.3, 0.4) is 0 Å². The van der Waals surface area contributed by atoms with Crippen LogP contribution >= 0.6 is 23.2 Å². The van der Waals surface area contributed by atoms with Gasteiger partial charge in [-0.15, -0.1) is 0 Å². The van der Waals surface area contributed by atoms with Crippen molar-refractivity contribution < 1.29 is 8.42 Å². The number of rotatable bonds is 3. The van der Waals surface area contributed by atoms with Crippen LogP contribution in [0.5, 0.6) is 0 Å². The van der Waals surface area contributed by atoms with Crippen molar-refractivity contribution in [2.75, 3.05) is 17.1 Å². The van der Waals surface area contributed by atoms with Crippen LogP contribution in [0, 0.1) is 0 Å². The Labute approximate surface area is 127 Å². The zero-order valence-corrected chi connectivity index (χ0v) is 12.9. The van der Waals surface area contributed by atoms with Crippen LogP contribution in [-0.2, 0) is 10.0 Å². The Kier molecular flexibility index (Phi) is 4.13. The second-order valence-corrected chi connectivity index (χ2v) is 6.89. The van der Waals surface area contributed by atoms with Crippen molar-refractivity contribution in [3.8, 4) is 0 Å². The Morgan fingerprint density at radius 2 is 1.55 bits per heavy atom. The van der Waals surface area contributed by atoms with Crippen LogP contribution in [0.4, 0.5) is 11.4 Å².